The molecule has 4 heteroatoms. The second kappa shape index (κ2) is 8.02. The fraction of sp³-hybridized carbons (Fsp3) is 0.600. The summed E-state index contributed by atoms with van der Waals surface area (Å²) in [5.41, 5.74) is 0. The highest BCUT2D eigenvalue weighted by molar-refractivity contribution is 5.39. The molecule has 1 saturated heterocycles. The van der Waals surface area contributed by atoms with Crippen LogP contribution in [0.4, 0.5) is 0 Å². The summed E-state index contributed by atoms with van der Waals surface area (Å²) < 4.78 is 10.9. The summed E-state index contributed by atoms with van der Waals surface area (Å²) in [5, 5.41) is 3.41. The minimum absolute atomic E-state index is 0.667. The number of likely N-dealkylation sites (tertiary alicyclic amines) is 1. The molecule has 1 aromatic carbocycles. The van der Waals surface area contributed by atoms with Crippen LogP contribution in [0.3, 0.4) is 0 Å². The van der Waals surface area contributed by atoms with E-state index in [0.29, 0.717) is 6.61 Å². The second-order valence-electron chi connectivity index (χ2n) is 4.80. The third-order valence-electron chi connectivity index (χ3n) is 3.41. The highest BCUT2D eigenvalue weighted by atomic mass is 16.5. The average molecular weight is 264 g/mol. The van der Waals surface area contributed by atoms with E-state index in [4.69, 9.17) is 9.47 Å². The monoisotopic (exact) mass is 264 g/mol. The first-order chi connectivity index (χ1) is 9.40. The maximum atomic E-state index is 5.70. The van der Waals surface area contributed by atoms with Gasteiger partial charge in [-0.15, -0.1) is 0 Å². The van der Waals surface area contributed by atoms with Crippen molar-refractivity contribution < 1.29 is 9.47 Å². The maximum Gasteiger partial charge on any atom is 0.161 e. The lowest BCUT2D eigenvalue weighted by Crippen LogP contribution is -2.32. The van der Waals surface area contributed by atoms with Gasteiger partial charge in [0.2, 0.25) is 0 Å². The summed E-state index contributed by atoms with van der Waals surface area (Å²) in [6.45, 7) is 6.25. The number of benzene rings is 1. The lowest BCUT2D eigenvalue weighted by molar-refractivity contribution is 0.284. The molecule has 2 rings (SSSR count). The van der Waals surface area contributed by atoms with Crippen LogP contribution < -0.4 is 14.8 Å². The molecule has 0 saturated carbocycles. The quantitative estimate of drug-likeness (QED) is 0.725. The van der Waals surface area contributed by atoms with Gasteiger partial charge >= 0.3 is 0 Å². The second-order valence-corrected chi connectivity index (χ2v) is 4.80. The zero-order valence-corrected chi connectivity index (χ0v) is 11.7. The number of ether oxygens (including phenoxy) is 2. The summed E-state index contributed by atoms with van der Waals surface area (Å²) in [6.07, 6.45) is 2.72. The summed E-state index contributed by atoms with van der Waals surface area (Å²) >= 11 is 0. The molecular formula is C15H24N2O2. The van der Waals surface area contributed by atoms with Crippen molar-refractivity contribution in [2.24, 2.45) is 0 Å². The van der Waals surface area contributed by atoms with Crippen LogP contribution in [0.5, 0.6) is 11.5 Å². The van der Waals surface area contributed by atoms with Gasteiger partial charge in [-0.25, -0.2) is 0 Å². The minimum atomic E-state index is 0.667. The fourth-order valence-corrected chi connectivity index (χ4v) is 2.34. The number of hydrogen-bond donors (Lipinski definition) is 1. The van der Waals surface area contributed by atoms with Crippen LogP contribution in [0, 0.1) is 0 Å². The van der Waals surface area contributed by atoms with Crippen molar-refractivity contribution in [1.29, 1.82) is 0 Å². The molecule has 4 nitrogen and oxygen atoms in total. The summed E-state index contributed by atoms with van der Waals surface area (Å²) in [5.74, 6) is 1.60. The maximum absolute atomic E-state index is 5.70. The number of methoxy groups -OCH3 is 1. The fourth-order valence-electron chi connectivity index (χ4n) is 2.34. The van der Waals surface area contributed by atoms with E-state index in [1.54, 1.807) is 7.11 Å². The first-order valence-electron chi connectivity index (χ1n) is 7.09. The molecule has 106 valence electrons. The molecule has 1 aromatic rings. The Kier molecular flexibility index (Phi) is 5.98. The van der Waals surface area contributed by atoms with Crippen LogP contribution in [0.2, 0.25) is 0 Å². The molecule has 1 heterocycles. The molecule has 0 spiro atoms. The first kappa shape index (κ1) is 14.2. The van der Waals surface area contributed by atoms with E-state index < -0.39 is 0 Å². The van der Waals surface area contributed by atoms with Crippen molar-refractivity contribution in [2.75, 3.05) is 46.4 Å². The highest BCUT2D eigenvalue weighted by Gasteiger charge is 2.09. The first-order valence-corrected chi connectivity index (χ1v) is 7.09. The molecule has 0 aliphatic carbocycles. The summed E-state index contributed by atoms with van der Waals surface area (Å²) in [4.78, 5) is 2.51. The van der Waals surface area contributed by atoms with Crippen LogP contribution in [0.25, 0.3) is 0 Å². The highest BCUT2D eigenvalue weighted by Crippen LogP contribution is 2.25. The molecule has 0 unspecified atom stereocenters. The standard InChI is InChI=1S/C15H24N2O2/c1-18-14-6-2-3-7-15(14)19-13-9-16-8-12-17-10-4-5-11-17/h2-3,6-7,16H,4-5,8-13H2,1H3. The van der Waals surface area contributed by atoms with Crippen LogP contribution >= 0.6 is 0 Å². The van der Waals surface area contributed by atoms with Crippen LogP contribution in [0.15, 0.2) is 24.3 Å². The Morgan fingerprint density at radius 2 is 1.84 bits per heavy atom. The molecule has 1 N–H and O–H groups in total. The topological polar surface area (TPSA) is 33.7 Å². The van der Waals surface area contributed by atoms with Gasteiger partial charge in [0.25, 0.3) is 0 Å². The van der Waals surface area contributed by atoms with Gasteiger partial charge in [-0.3, -0.25) is 0 Å². The number of nitrogens with zero attached hydrogens (tertiary/aromatic N) is 1. The number of rotatable bonds is 8. The normalized spacial score (nSPS) is 15.6. The van der Waals surface area contributed by atoms with E-state index in [1.165, 1.54) is 25.9 Å². The lowest BCUT2D eigenvalue weighted by atomic mass is 10.3. The number of hydrogen-bond acceptors (Lipinski definition) is 4. The van der Waals surface area contributed by atoms with Gasteiger partial charge in [-0.2, -0.15) is 0 Å². The van der Waals surface area contributed by atoms with Gasteiger partial charge in [0, 0.05) is 19.6 Å². The molecule has 19 heavy (non-hydrogen) atoms. The molecule has 0 radical (unpaired) electrons. The third kappa shape index (κ3) is 4.73. The van der Waals surface area contributed by atoms with Gasteiger partial charge in [0.05, 0.1) is 7.11 Å². The Labute approximate surface area is 115 Å². The van der Waals surface area contributed by atoms with Crippen molar-refractivity contribution >= 4 is 0 Å². The molecule has 0 amide bonds. The predicted molar refractivity (Wildman–Crippen MR) is 77.0 cm³/mol. The Morgan fingerprint density at radius 3 is 2.58 bits per heavy atom. The average Bonchev–Trinajstić information content (AvgIpc) is 2.96. The zero-order valence-electron chi connectivity index (χ0n) is 11.7. The summed E-state index contributed by atoms with van der Waals surface area (Å²) in [7, 11) is 1.66. The number of para-hydroxylation sites is 2. The Bertz CT molecular complexity index is 365. The van der Waals surface area contributed by atoms with Crippen LogP contribution in [-0.4, -0.2) is 51.3 Å². The summed E-state index contributed by atoms with van der Waals surface area (Å²) in [6, 6.07) is 7.75. The van der Waals surface area contributed by atoms with Gasteiger partial charge in [-0.1, -0.05) is 12.1 Å². The van der Waals surface area contributed by atoms with Gasteiger partial charge in [-0.05, 0) is 38.1 Å². The molecule has 1 aliphatic heterocycles. The molecule has 1 aliphatic rings. The van der Waals surface area contributed by atoms with E-state index in [2.05, 4.69) is 10.2 Å². The number of nitrogens with one attached hydrogen (secondary N) is 1. The van der Waals surface area contributed by atoms with Crippen molar-refractivity contribution in [3.05, 3.63) is 24.3 Å². The Hall–Kier alpha value is -1.26. The van der Waals surface area contributed by atoms with Crippen molar-refractivity contribution in [3.8, 4) is 11.5 Å². The van der Waals surface area contributed by atoms with Gasteiger partial charge < -0.3 is 19.7 Å². The molecule has 0 atom stereocenters. The van der Waals surface area contributed by atoms with E-state index in [-0.39, 0.29) is 0 Å². The molecule has 0 bridgehead atoms. The lowest BCUT2D eigenvalue weighted by Gasteiger charge is -2.15. The van der Waals surface area contributed by atoms with Crippen LogP contribution in [-0.2, 0) is 0 Å². The third-order valence-corrected chi connectivity index (χ3v) is 3.41. The van der Waals surface area contributed by atoms with Crippen molar-refractivity contribution in [1.82, 2.24) is 10.2 Å². The van der Waals surface area contributed by atoms with Crippen molar-refractivity contribution in [3.63, 3.8) is 0 Å². The minimum Gasteiger partial charge on any atom is -0.493 e. The zero-order chi connectivity index (χ0) is 13.3. The smallest absolute Gasteiger partial charge is 0.161 e. The van der Waals surface area contributed by atoms with Gasteiger partial charge in [0.15, 0.2) is 11.5 Å². The van der Waals surface area contributed by atoms with E-state index in [9.17, 15) is 0 Å². The Balaban J connectivity index is 1.56. The van der Waals surface area contributed by atoms with E-state index in [1.807, 2.05) is 24.3 Å². The van der Waals surface area contributed by atoms with E-state index in [0.717, 1.165) is 31.1 Å². The molecular weight excluding hydrogens is 240 g/mol. The SMILES string of the molecule is COc1ccccc1OCCNCCN1CCCC1. The van der Waals surface area contributed by atoms with Gasteiger partial charge in [0.1, 0.15) is 6.61 Å². The molecule has 0 aromatic heterocycles. The predicted octanol–water partition coefficient (Wildman–Crippen LogP) is 1.76. The van der Waals surface area contributed by atoms with Crippen molar-refractivity contribution in [2.45, 2.75) is 12.8 Å². The Morgan fingerprint density at radius 1 is 1.11 bits per heavy atom. The largest absolute Gasteiger partial charge is 0.493 e. The molecule has 1 fully saturated rings. The van der Waals surface area contributed by atoms with Crippen LogP contribution in [0.1, 0.15) is 12.8 Å². The van der Waals surface area contributed by atoms with E-state index >= 15 is 0 Å².